The van der Waals surface area contributed by atoms with E-state index in [2.05, 4.69) is 23.6 Å². The molecule has 0 saturated carbocycles. The first kappa shape index (κ1) is 16.1. The van der Waals surface area contributed by atoms with Crippen molar-refractivity contribution < 1.29 is 4.74 Å². The Kier molecular flexibility index (Phi) is 7.65. The van der Waals surface area contributed by atoms with Crippen LogP contribution in [0.3, 0.4) is 0 Å². The summed E-state index contributed by atoms with van der Waals surface area (Å²) in [6.45, 7) is 12.3. The Hall–Kier alpha value is -0.960. The fraction of sp³-hybridized carbons (Fsp3) is 0.750. The van der Waals surface area contributed by atoms with Crippen LogP contribution in [0.4, 0.5) is 0 Å². The van der Waals surface area contributed by atoms with Gasteiger partial charge in [-0.15, -0.1) is 0 Å². The maximum absolute atomic E-state index is 5.45. The number of allylic oxidation sites excluding steroid dienone is 3. The molecular weight excluding hydrogens is 236 g/mol. The first-order valence-corrected chi connectivity index (χ1v) is 7.57. The normalized spacial score (nSPS) is 18.8. The lowest BCUT2D eigenvalue weighted by atomic mass is 10.2. The van der Waals surface area contributed by atoms with Crippen LogP contribution in [0.2, 0.25) is 0 Å². The summed E-state index contributed by atoms with van der Waals surface area (Å²) < 4.78 is 5.45. The predicted molar refractivity (Wildman–Crippen MR) is 82.1 cm³/mol. The Labute approximate surface area is 118 Å². The van der Waals surface area contributed by atoms with Crippen molar-refractivity contribution in [3.8, 4) is 0 Å². The number of rotatable bonds is 7. The second-order valence-corrected chi connectivity index (χ2v) is 5.19. The zero-order valence-electron chi connectivity index (χ0n) is 13.1. The summed E-state index contributed by atoms with van der Waals surface area (Å²) in [5.41, 5.74) is 1.26. The summed E-state index contributed by atoms with van der Waals surface area (Å²) in [6.07, 6.45) is 8.08. The lowest BCUT2D eigenvalue weighted by Crippen LogP contribution is -2.45. The van der Waals surface area contributed by atoms with Gasteiger partial charge in [0.2, 0.25) is 0 Å². The van der Waals surface area contributed by atoms with Gasteiger partial charge in [-0.25, -0.2) is 0 Å². The van der Waals surface area contributed by atoms with E-state index in [1.165, 1.54) is 44.6 Å². The van der Waals surface area contributed by atoms with E-state index in [4.69, 9.17) is 4.74 Å². The van der Waals surface area contributed by atoms with Crippen molar-refractivity contribution in [3.05, 3.63) is 23.6 Å². The summed E-state index contributed by atoms with van der Waals surface area (Å²) in [7, 11) is 1.75. The maximum Gasteiger partial charge on any atom is 0.137 e. The molecule has 0 spiro atoms. The fourth-order valence-corrected chi connectivity index (χ4v) is 2.54. The molecule has 0 radical (unpaired) electrons. The van der Waals surface area contributed by atoms with Crippen molar-refractivity contribution in [2.75, 3.05) is 39.8 Å². The van der Waals surface area contributed by atoms with Crippen LogP contribution in [0.1, 0.15) is 40.0 Å². The predicted octanol–water partition coefficient (Wildman–Crippen LogP) is 3.25. The van der Waals surface area contributed by atoms with E-state index >= 15 is 0 Å². The Morgan fingerprint density at radius 2 is 1.84 bits per heavy atom. The molecule has 1 fully saturated rings. The first-order valence-electron chi connectivity index (χ1n) is 7.57. The van der Waals surface area contributed by atoms with E-state index in [9.17, 15) is 0 Å². The molecule has 3 nitrogen and oxygen atoms in total. The third-order valence-corrected chi connectivity index (χ3v) is 3.82. The van der Waals surface area contributed by atoms with E-state index in [-0.39, 0.29) is 0 Å². The van der Waals surface area contributed by atoms with Crippen molar-refractivity contribution in [1.29, 1.82) is 0 Å². The van der Waals surface area contributed by atoms with E-state index in [0.29, 0.717) is 0 Å². The molecule has 1 aliphatic rings. The monoisotopic (exact) mass is 266 g/mol. The maximum atomic E-state index is 5.45. The van der Waals surface area contributed by atoms with Crippen LogP contribution in [-0.2, 0) is 4.74 Å². The second kappa shape index (κ2) is 9.03. The van der Waals surface area contributed by atoms with E-state index in [0.717, 1.165) is 18.8 Å². The van der Waals surface area contributed by atoms with Crippen LogP contribution in [0.25, 0.3) is 0 Å². The summed E-state index contributed by atoms with van der Waals surface area (Å²) in [5.74, 6) is 0.988. The van der Waals surface area contributed by atoms with Gasteiger partial charge >= 0.3 is 0 Å². The largest absolute Gasteiger partial charge is 0.495 e. The third kappa shape index (κ3) is 5.27. The molecule has 1 heterocycles. The summed E-state index contributed by atoms with van der Waals surface area (Å²) in [4.78, 5) is 5.02. The highest BCUT2D eigenvalue weighted by Gasteiger charge is 2.18. The first-order chi connectivity index (χ1) is 9.22. The quantitative estimate of drug-likeness (QED) is 0.400. The smallest absolute Gasteiger partial charge is 0.137 e. The van der Waals surface area contributed by atoms with Crippen molar-refractivity contribution in [2.45, 2.75) is 40.0 Å². The van der Waals surface area contributed by atoms with Crippen LogP contribution in [0, 0.1) is 0 Å². The molecule has 0 aromatic heterocycles. The number of methoxy groups -OCH3 is 1. The zero-order chi connectivity index (χ0) is 14.1. The molecule has 0 aliphatic carbocycles. The van der Waals surface area contributed by atoms with Crippen LogP contribution < -0.4 is 0 Å². The molecule has 0 aromatic carbocycles. The number of piperazine rings is 1. The Bertz CT molecular complexity index is 302. The van der Waals surface area contributed by atoms with Gasteiger partial charge in [-0.05, 0) is 32.9 Å². The number of hydrogen-bond donors (Lipinski definition) is 0. The average Bonchev–Trinajstić information content (AvgIpc) is 2.45. The molecule has 3 heteroatoms. The molecule has 0 amide bonds. The third-order valence-electron chi connectivity index (χ3n) is 3.82. The van der Waals surface area contributed by atoms with Gasteiger partial charge in [-0.3, -0.25) is 4.90 Å². The summed E-state index contributed by atoms with van der Waals surface area (Å²) in [5, 5.41) is 0. The molecule has 0 unspecified atom stereocenters. The van der Waals surface area contributed by atoms with Crippen molar-refractivity contribution in [3.63, 3.8) is 0 Å². The summed E-state index contributed by atoms with van der Waals surface area (Å²) in [6, 6.07) is 0. The number of hydrogen-bond acceptors (Lipinski definition) is 3. The van der Waals surface area contributed by atoms with Crippen LogP contribution in [0.5, 0.6) is 0 Å². The minimum atomic E-state index is 0.988. The van der Waals surface area contributed by atoms with Gasteiger partial charge in [-0.2, -0.15) is 0 Å². The van der Waals surface area contributed by atoms with Gasteiger partial charge in [0.25, 0.3) is 0 Å². The molecular formula is C16H30N2O. The highest BCUT2D eigenvalue weighted by molar-refractivity contribution is 5.18. The summed E-state index contributed by atoms with van der Waals surface area (Å²) >= 11 is 0. The van der Waals surface area contributed by atoms with Crippen LogP contribution in [-0.4, -0.2) is 49.6 Å². The molecule has 1 aliphatic heterocycles. The van der Waals surface area contributed by atoms with Crippen LogP contribution in [0.15, 0.2) is 23.6 Å². The van der Waals surface area contributed by atoms with Crippen LogP contribution >= 0.6 is 0 Å². The highest BCUT2D eigenvalue weighted by atomic mass is 16.5. The van der Waals surface area contributed by atoms with Crippen molar-refractivity contribution >= 4 is 0 Å². The number of nitrogens with zero attached hydrogens (tertiary/aromatic N) is 2. The Morgan fingerprint density at radius 3 is 2.37 bits per heavy atom. The minimum absolute atomic E-state index is 0.988. The standard InChI is InChI=1S/C16H30N2O/c1-5-7-8-10-17-11-13-18(14-12-17)15(3)16(19-4)9-6-2/h6,9H,5,7-8,10-14H2,1-4H3/b9-6-,16-15-. The molecule has 0 aromatic rings. The topological polar surface area (TPSA) is 15.7 Å². The lowest BCUT2D eigenvalue weighted by molar-refractivity contribution is 0.150. The number of unbranched alkanes of at least 4 members (excludes halogenated alkanes) is 2. The highest BCUT2D eigenvalue weighted by Crippen LogP contribution is 2.15. The van der Waals surface area contributed by atoms with E-state index < -0.39 is 0 Å². The minimum Gasteiger partial charge on any atom is -0.495 e. The fourth-order valence-electron chi connectivity index (χ4n) is 2.54. The van der Waals surface area contributed by atoms with Crippen molar-refractivity contribution in [2.24, 2.45) is 0 Å². The molecule has 110 valence electrons. The Morgan fingerprint density at radius 1 is 1.16 bits per heavy atom. The zero-order valence-corrected chi connectivity index (χ0v) is 13.1. The van der Waals surface area contributed by atoms with E-state index in [1.54, 1.807) is 7.11 Å². The average molecular weight is 266 g/mol. The van der Waals surface area contributed by atoms with Crippen molar-refractivity contribution in [1.82, 2.24) is 9.80 Å². The molecule has 0 bridgehead atoms. The Balaban J connectivity index is 2.44. The van der Waals surface area contributed by atoms with Gasteiger partial charge in [-0.1, -0.05) is 25.8 Å². The van der Waals surface area contributed by atoms with Gasteiger partial charge in [0.15, 0.2) is 0 Å². The molecule has 1 rings (SSSR count). The number of ether oxygens (including phenoxy) is 1. The molecule has 0 atom stereocenters. The second-order valence-electron chi connectivity index (χ2n) is 5.19. The molecule has 19 heavy (non-hydrogen) atoms. The van der Waals surface area contributed by atoms with E-state index in [1.807, 2.05) is 19.1 Å². The molecule has 1 saturated heterocycles. The van der Waals surface area contributed by atoms with Gasteiger partial charge in [0.05, 0.1) is 12.8 Å². The molecule has 0 N–H and O–H groups in total. The lowest BCUT2D eigenvalue weighted by Gasteiger charge is -2.36. The SMILES string of the molecule is C/C=C\C(OC)=C(/C)N1CCN(CCCCC)CC1. The van der Waals surface area contributed by atoms with Gasteiger partial charge in [0.1, 0.15) is 5.76 Å². The van der Waals surface area contributed by atoms with Gasteiger partial charge in [0, 0.05) is 26.2 Å². The van der Waals surface area contributed by atoms with Gasteiger partial charge < -0.3 is 9.64 Å².